The molecule has 0 spiro atoms. The first kappa shape index (κ1) is 13.1. The average molecular weight is 280 g/mol. The van der Waals surface area contributed by atoms with Gasteiger partial charge in [-0.15, -0.1) is 0 Å². The third kappa shape index (κ3) is 1.69. The number of rotatable bonds is 2. The first-order valence-corrected chi connectivity index (χ1v) is 8.46. The summed E-state index contributed by atoms with van der Waals surface area (Å²) in [5, 5.41) is 10.2. The smallest absolute Gasteiger partial charge is 0.184 e. The molecule has 2 fully saturated rings. The molecule has 1 aromatic rings. The molecule has 3 rings (SSSR count). The minimum Gasteiger partial charge on any atom is -0.388 e. The third-order valence-corrected chi connectivity index (χ3v) is 7.43. The van der Waals surface area contributed by atoms with Crippen LogP contribution in [0, 0.1) is 5.41 Å². The van der Waals surface area contributed by atoms with Crippen molar-refractivity contribution in [1.29, 1.82) is 0 Å². The quantitative estimate of drug-likeness (QED) is 0.905. The van der Waals surface area contributed by atoms with Crippen LogP contribution in [0.3, 0.4) is 0 Å². The average Bonchev–Trinajstić information content (AvgIpc) is 2.40. The SMILES string of the molecule is C[C@@]12CCCC[C@]1(O)[C@@H](S(=O)(=O)c1ccccc1)C2. The summed E-state index contributed by atoms with van der Waals surface area (Å²) < 4.78 is 25.3. The zero-order valence-electron chi connectivity index (χ0n) is 11.2. The van der Waals surface area contributed by atoms with Crippen molar-refractivity contribution in [2.75, 3.05) is 0 Å². The van der Waals surface area contributed by atoms with Crippen molar-refractivity contribution in [3.05, 3.63) is 30.3 Å². The number of hydrogen-bond acceptors (Lipinski definition) is 3. The lowest BCUT2D eigenvalue weighted by molar-refractivity contribution is -0.176. The Bertz CT molecular complexity index is 581. The van der Waals surface area contributed by atoms with Crippen molar-refractivity contribution < 1.29 is 13.5 Å². The fourth-order valence-corrected chi connectivity index (χ4v) is 6.21. The Balaban J connectivity index is 1.97. The highest BCUT2D eigenvalue weighted by Gasteiger charge is 2.66. The van der Waals surface area contributed by atoms with E-state index in [4.69, 9.17) is 0 Å². The second-order valence-electron chi connectivity index (χ2n) is 6.24. The predicted octanol–water partition coefficient (Wildman–Crippen LogP) is 2.54. The van der Waals surface area contributed by atoms with Crippen LogP contribution in [0.2, 0.25) is 0 Å². The van der Waals surface area contributed by atoms with E-state index in [0.29, 0.717) is 17.7 Å². The third-order valence-electron chi connectivity index (χ3n) is 5.20. The van der Waals surface area contributed by atoms with Crippen LogP contribution in [0.5, 0.6) is 0 Å². The Hall–Kier alpha value is -0.870. The lowest BCUT2D eigenvalue weighted by atomic mass is 9.51. The van der Waals surface area contributed by atoms with Gasteiger partial charge in [-0.25, -0.2) is 8.42 Å². The van der Waals surface area contributed by atoms with Crippen molar-refractivity contribution in [3.63, 3.8) is 0 Å². The second-order valence-corrected chi connectivity index (χ2v) is 8.37. The van der Waals surface area contributed by atoms with Crippen molar-refractivity contribution in [1.82, 2.24) is 0 Å². The number of benzene rings is 1. The molecule has 2 saturated carbocycles. The van der Waals surface area contributed by atoms with Crippen LogP contribution >= 0.6 is 0 Å². The van der Waals surface area contributed by atoms with Crippen molar-refractivity contribution in [2.45, 2.75) is 54.8 Å². The zero-order chi connectivity index (χ0) is 13.7. The molecule has 1 aromatic carbocycles. The summed E-state index contributed by atoms with van der Waals surface area (Å²) in [6.07, 6.45) is 4.15. The van der Waals surface area contributed by atoms with Gasteiger partial charge in [0.2, 0.25) is 0 Å². The van der Waals surface area contributed by atoms with E-state index in [1.807, 2.05) is 6.92 Å². The zero-order valence-corrected chi connectivity index (χ0v) is 12.0. The number of hydrogen-bond donors (Lipinski definition) is 1. The van der Waals surface area contributed by atoms with E-state index in [-0.39, 0.29) is 5.41 Å². The Morgan fingerprint density at radius 2 is 1.79 bits per heavy atom. The molecule has 19 heavy (non-hydrogen) atoms. The van der Waals surface area contributed by atoms with Gasteiger partial charge in [0.15, 0.2) is 9.84 Å². The molecule has 0 saturated heterocycles. The fourth-order valence-electron chi connectivity index (χ4n) is 3.84. The van der Waals surface area contributed by atoms with E-state index in [9.17, 15) is 13.5 Å². The van der Waals surface area contributed by atoms with Crippen LogP contribution in [0.25, 0.3) is 0 Å². The molecule has 0 unspecified atom stereocenters. The van der Waals surface area contributed by atoms with Crippen LogP contribution < -0.4 is 0 Å². The summed E-state index contributed by atoms with van der Waals surface area (Å²) in [6, 6.07) is 8.51. The number of sulfone groups is 1. The van der Waals surface area contributed by atoms with E-state index >= 15 is 0 Å². The minimum atomic E-state index is -3.42. The van der Waals surface area contributed by atoms with Crippen molar-refractivity contribution in [3.8, 4) is 0 Å². The summed E-state index contributed by atoms with van der Waals surface area (Å²) >= 11 is 0. The first-order chi connectivity index (χ1) is 8.90. The summed E-state index contributed by atoms with van der Waals surface area (Å²) in [7, 11) is -3.42. The van der Waals surface area contributed by atoms with Gasteiger partial charge in [-0.3, -0.25) is 0 Å². The van der Waals surface area contributed by atoms with Crippen LogP contribution in [-0.4, -0.2) is 24.4 Å². The summed E-state index contributed by atoms with van der Waals surface area (Å²) in [5.41, 5.74) is -1.24. The van der Waals surface area contributed by atoms with Gasteiger partial charge in [0.05, 0.1) is 15.7 Å². The highest BCUT2D eigenvalue weighted by Crippen LogP contribution is 2.61. The minimum absolute atomic E-state index is 0.211. The van der Waals surface area contributed by atoms with Gasteiger partial charge in [0.25, 0.3) is 0 Å². The topological polar surface area (TPSA) is 54.4 Å². The fraction of sp³-hybridized carbons (Fsp3) is 0.600. The molecule has 3 nitrogen and oxygen atoms in total. The van der Waals surface area contributed by atoms with E-state index in [2.05, 4.69) is 0 Å². The van der Waals surface area contributed by atoms with Crippen LogP contribution in [0.1, 0.15) is 39.0 Å². The maximum Gasteiger partial charge on any atom is 0.184 e. The van der Waals surface area contributed by atoms with Crippen LogP contribution in [0.4, 0.5) is 0 Å². The predicted molar refractivity (Wildman–Crippen MR) is 73.6 cm³/mol. The molecule has 0 bridgehead atoms. The molecule has 0 aliphatic heterocycles. The van der Waals surface area contributed by atoms with Gasteiger partial charge in [0, 0.05) is 0 Å². The number of fused-ring (bicyclic) bond motifs is 1. The largest absolute Gasteiger partial charge is 0.388 e. The Morgan fingerprint density at radius 3 is 2.42 bits per heavy atom. The van der Waals surface area contributed by atoms with Gasteiger partial charge in [-0.2, -0.15) is 0 Å². The summed E-state index contributed by atoms with van der Waals surface area (Å²) in [6.45, 7) is 2.03. The standard InChI is InChI=1S/C15H20O3S/c1-14-9-5-6-10-15(14,16)13(11-14)19(17,18)12-7-3-2-4-8-12/h2-4,7-8,13,16H,5-6,9-11H2,1H3/t13-,14-,15-/m0/s1. The second kappa shape index (κ2) is 4.06. The molecule has 2 aliphatic carbocycles. The van der Waals surface area contributed by atoms with Crippen LogP contribution in [-0.2, 0) is 9.84 Å². The normalized spacial score (nSPS) is 38.3. The molecule has 1 N–H and O–H groups in total. The Labute approximate surface area is 114 Å². The molecule has 0 amide bonds. The van der Waals surface area contributed by atoms with E-state index in [1.54, 1.807) is 30.3 Å². The number of aliphatic hydroxyl groups is 1. The van der Waals surface area contributed by atoms with E-state index < -0.39 is 20.7 Å². The lowest BCUT2D eigenvalue weighted by Gasteiger charge is -2.62. The van der Waals surface area contributed by atoms with E-state index in [0.717, 1.165) is 19.3 Å². The first-order valence-electron chi connectivity index (χ1n) is 6.92. The maximum absolute atomic E-state index is 12.7. The monoisotopic (exact) mass is 280 g/mol. The molecule has 2 aliphatic rings. The van der Waals surface area contributed by atoms with Gasteiger partial charge < -0.3 is 5.11 Å². The van der Waals surface area contributed by atoms with Gasteiger partial charge in [-0.1, -0.05) is 38.0 Å². The molecule has 3 atom stereocenters. The molecule has 104 valence electrons. The highest BCUT2D eigenvalue weighted by molar-refractivity contribution is 7.92. The summed E-state index contributed by atoms with van der Waals surface area (Å²) in [4.78, 5) is 0.334. The molecular formula is C15H20O3S. The summed E-state index contributed by atoms with van der Waals surface area (Å²) in [5.74, 6) is 0. The van der Waals surface area contributed by atoms with Gasteiger partial charge in [0.1, 0.15) is 0 Å². The van der Waals surface area contributed by atoms with Crippen LogP contribution in [0.15, 0.2) is 35.2 Å². The Morgan fingerprint density at radius 1 is 1.16 bits per heavy atom. The van der Waals surface area contributed by atoms with E-state index in [1.165, 1.54) is 0 Å². The maximum atomic E-state index is 12.7. The van der Waals surface area contributed by atoms with Crippen molar-refractivity contribution >= 4 is 9.84 Å². The molecular weight excluding hydrogens is 260 g/mol. The van der Waals surface area contributed by atoms with Crippen molar-refractivity contribution in [2.24, 2.45) is 5.41 Å². The highest BCUT2D eigenvalue weighted by atomic mass is 32.2. The molecule has 0 radical (unpaired) electrons. The molecule has 0 heterocycles. The Kier molecular flexibility index (Phi) is 2.81. The van der Waals surface area contributed by atoms with Gasteiger partial charge in [-0.05, 0) is 36.8 Å². The molecule has 4 heteroatoms. The lowest BCUT2D eigenvalue weighted by Crippen LogP contribution is -2.69. The molecule has 0 aromatic heterocycles. The van der Waals surface area contributed by atoms with Gasteiger partial charge >= 0.3 is 0 Å².